The van der Waals surface area contributed by atoms with E-state index < -0.39 is 6.09 Å². The van der Waals surface area contributed by atoms with Crippen molar-refractivity contribution in [3.63, 3.8) is 0 Å². The van der Waals surface area contributed by atoms with Crippen molar-refractivity contribution in [3.05, 3.63) is 48.5 Å². The van der Waals surface area contributed by atoms with Crippen molar-refractivity contribution in [1.29, 1.82) is 0 Å². The van der Waals surface area contributed by atoms with E-state index in [-0.39, 0.29) is 6.79 Å². The zero-order chi connectivity index (χ0) is 14.7. The molecule has 1 aliphatic rings. The minimum absolute atomic E-state index is 0.137. The largest absolute Gasteiger partial charge is 0.453 e. The van der Waals surface area contributed by atoms with Crippen molar-refractivity contribution < 1.29 is 19.0 Å². The molecule has 1 heterocycles. The Morgan fingerprint density at radius 3 is 2.76 bits per heavy atom. The first-order chi connectivity index (χ1) is 10.2. The topological polar surface area (TPSA) is 48.0 Å². The van der Waals surface area contributed by atoms with Gasteiger partial charge in [-0.1, -0.05) is 24.3 Å². The minimum atomic E-state index is -0.479. The van der Waals surface area contributed by atoms with Gasteiger partial charge in [-0.2, -0.15) is 0 Å². The Hall–Kier alpha value is -2.34. The predicted octanol–water partition coefficient (Wildman–Crippen LogP) is 3.55. The smallest absolute Gasteiger partial charge is 0.425 e. The average molecular weight is 303 g/mol. The lowest BCUT2D eigenvalue weighted by atomic mass is 10.3. The minimum Gasteiger partial charge on any atom is -0.453 e. The molecule has 3 rings (SSSR count). The number of hydrogen-bond donors (Lipinski definition) is 0. The molecule has 21 heavy (non-hydrogen) atoms. The number of carbonyl (C=O) groups excluding carboxylic acids is 1. The summed E-state index contributed by atoms with van der Waals surface area (Å²) in [6.07, 6.45) is -0.479. The summed E-state index contributed by atoms with van der Waals surface area (Å²) in [5.41, 5.74) is 0. The van der Waals surface area contributed by atoms with E-state index in [4.69, 9.17) is 14.2 Å². The number of rotatable bonds is 3. The molecular weight excluding hydrogens is 290 g/mol. The van der Waals surface area contributed by atoms with Gasteiger partial charge in [0, 0.05) is 11.9 Å². The van der Waals surface area contributed by atoms with Crippen LogP contribution in [0.5, 0.6) is 17.2 Å². The lowest BCUT2D eigenvalue weighted by Gasteiger charge is -2.15. The van der Waals surface area contributed by atoms with Crippen LogP contribution in [0.3, 0.4) is 0 Å². The molecule has 0 atom stereocenters. The average Bonchev–Trinajstić information content (AvgIpc) is 2.98. The number of para-hydroxylation sites is 1. The van der Waals surface area contributed by atoms with Crippen LogP contribution in [0.15, 0.2) is 53.4 Å². The number of benzene rings is 2. The fourth-order valence-corrected chi connectivity index (χ4v) is 2.53. The molecule has 0 spiro atoms. The molecule has 0 N–H and O–H groups in total. The number of fused-ring (bicyclic) bond motifs is 1. The van der Waals surface area contributed by atoms with E-state index in [2.05, 4.69) is 0 Å². The predicted molar refractivity (Wildman–Crippen MR) is 78.7 cm³/mol. The van der Waals surface area contributed by atoms with E-state index in [1.165, 1.54) is 16.3 Å². The second kappa shape index (κ2) is 5.97. The highest BCUT2D eigenvalue weighted by atomic mass is 32.2. The molecule has 108 valence electrons. The second-order valence-corrected chi connectivity index (χ2v) is 5.46. The third-order valence-corrected chi connectivity index (χ3v) is 3.71. The summed E-state index contributed by atoms with van der Waals surface area (Å²) in [6.45, 7) is 0.137. The highest BCUT2D eigenvalue weighted by molar-refractivity contribution is 7.97. The van der Waals surface area contributed by atoms with Crippen LogP contribution in [0, 0.1) is 0 Å². The van der Waals surface area contributed by atoms with Gasteiger partial charge in [0.05, 0.1) is 0 Å². The molecule has 6 heteroatoms. The first kappa shape index (κ1) is 13.6. The van der Waals surface area contributed by atoms with Gasteiger partial charge in [0.15, 0.2) is 11.5 Å². The van der Waals surface area contributed by atoms with Crippen LogP contribution in [0.1, 0.15) is 0 Å². The molecule has 0 aliphatic carbocycles. The second-order valence-electron chi connectivity index (χ2n) is 4.26. The van der Waals surface area contributed by atoms with E-state index in [1.54, 1.807) is 25.2 Å². The van der Waals surface area contributed by atoms with E-state index >= 15 is 0 Å². The maximum atomic E-state index is 12.1. The molecule has 2 aromatic carbocycles. The Balaban J connectivity index is 1.68. The monoisotopic (exact) mass is 303 g/mol. The van der Waals surface area contributed by atoms with E-state index in [9.17, 15) is 4.79 Å². The maximum Gasteiger partial charge on any atom is 0.425 e. The van der Waals surface area contributed by atoms with Gasteiger partial charge in [-0.15, -0.1) is 0 Å². The van der Waals surface area contributed by atoms with Gasteiger partial charge in [-0.05, 0) is 36.2 Å². The number of carbonyl (C=O) groups is 1. The van der Waals surface area contributed by atoms with Gasteiger partial charge in [-0.25, -0.2) is 9.10 Å². The lowest BCUT2D eigenvalue weighted by Crippen LogP contribution is -2.23. The van der Waals surface area contributed by atoms with Crippen molar-refractivity contribution in [3.8, 4) is 17.2 Å². The quantitative estimate of drug-likeness (QED) is 0.812. The van der Waals surface area contributed by atoms with Crippen LogP contribution in [0.4, 0.5) is 4.79 Å². The summed E-state index contributed by atoms with van der Waals surface area (Å²) >= 11 is 1.29. The van der Waals surface area contributed by atoms with Crippen LogP contribution < -0.4 is 14.2 Å². The van der Waals surface area contributed by atoms with Crippen LogP contribution in [0.2, 0.25) is 0 Å². The van der Waals surface area contributed by atoms with Gasteiger partial charge in [0.1, 0.15) is 0 Å². The molecule has 0 aromatic heterocycles. The Kier molecular flexibility index (Phi) is 3.87. The molecule has 5 nitrogen and oxygen atoms in total. The molecule has 0 bridgehead atoms. The van der Waals surface area contributed by atoms with Gasteiger partial charge in [0.2, 0.25) is 12.5 Å². The molecule has 0 radical (unpaired) electrons. The standard InChI is InChI=1S/C15H13NO4S/c1-16(21-11-6-3-2-4-7-11)15(17)20-13-9-5-8-12-14(13)19-10-18-12/h2-9H,10H2,1H3. The fraction of sp³-hybridized carbons (Fsp3) is 0.133. The third kappa shape index (κ3) is 3.05. The van der Waals surface area contributed by atoms with Gasteiger partial charge in [-0.3, -0.25) is 0 Å². The van der Waals surface area contributed by atoms with Gasteiger partial charge >= 0.3 is 6.09 Å². The van der Waals surface area contributed by atoms with Crippen molar-refractivity contribution in [1.82, 2.24) is 4.31 Å². The molecule has 2 aromatic rings. The highest BCUT2D eigenvalue weighted by Crippen LogP contribution is 2.40. The Morgan fingerprint density at radius 2 is 1.95 bits per heavy atom. The van der Waals surface area contributed by atoms with Crippen LogP contribution in [-0.4, -0.2) is 24.2 Å². The fourth-order valence-electron chi connectivity index (χ4n) is 1.82. The van der Waals surface area contributed by atoms with E-state index in [0.717, 1.165) is 4.90 Å². The van der Waals surface area contributed by atoms with E-state index in [1.807, 2.05) is 30.3 Å². The van der Waals surface area contributed by atoms with Crippen molar-refractivity contribution in [2.24, 2.45) is 0 Å². The maximum absolute atomic E-state index is 12.1. The first-order valence-electron chi connectivity index (χ1n) is 6.31. The van der Waals surface area contributed by atoms with E-state index in [0.29, 0.717) is 17.2 Å². The lowest BCUT2D eigenvalue weighted by molar-refractivity contribution is 0.166. The number of ether oxygens (including phenoxy) is 3. The van der Waals surface area contributed by atoms with Crippen LogP contribution in [-0.2, 0) is 0 Å². The molecule has 0 saturated heterocycles. The molecule has 0 unspecified atom stereocenters. The summed E-state index contributed by atoms with van der Waals surface area (Å²) in [5, 5.41) is 0. The Morgan fingerprint density at radius 1 is 1.14 bits per heavy atom. The summed E-state index contributed by atoms with van der Waals surface area (Å²) in [5.74, 6) is 1.40. The molecule has 1 amide bonds. The Labute approximate surface area is 126 Å². The third-order valence-electron chi connectivity index (χ3n) is 2.80. The normalized spacial score (nSPS) is 12.0. The summed E-state index contributed by atoms with van der Waals surface area (Å²) < 4.78 is 17.3. The van der Waals surface area contributed by atoms with Crippen LogP contribution in [0.25, 0.3) is 0 Å². The van der Waals surface area contributed by atoms with Crippen molar-refractivity contribution >= 4 is 18.0 Å². The molecular formula is C15H13NO4S. The number of amides is 1. The first-order valence-corrected chi connectivity index (χ1v) is 7.08. The molecule has 0 saturated carbocycles. The van der Waals surface area contributed by atoms with Crippen molar-refractivity contribution in [2.75, 3.05) is 13.8 Å². The summed E-state index contributed by atoms with van der Waals surface area (Å²) in [4.78, 5) is 13.1. The summed E-state index contributed by atoms with van der Waals surface area (Å²) in [6, 6.07) is 14.8. The number of nitrogens with zero attached hydrogens (tertiary/aromatic N) is 1. The van der Waals surface area contributed by atoms with Crippen LogP contribution >= 0.6 is 11.9 Å². The molecule has 0 fully saturated rings. The summed E-state index contributed by atoms with van der Waals surface area (Å²) in [7, 11) is 1.65. The Bertz CT molecular complexity index is 647. The van der Waals surface area contributed by atoms with Gasteiger partial charge < -0.3 is 14.2 Å². The zero-order valence-corrected chi connectivity index (χ0v) is 12.1. The SMILES string of the molecule is CN(Sc1ccccc1)C(=O)Oc1cccc2c1OCO2. The van der Waals surface area contributed by atoms with Gasteiger partial charge in [0.25, 0.3) is 0 Å². The molecule has 1 aliphatic heterocycles. The zero-order valence-electron chi connectivity index (χ0n) is 11.3. The van der Waals surface area contributed by atoms with Crippen molar-refractivity contribution in [2.45, 2.75) is 4.90 Å². The number of hydrogen-bond acceptors (Lipinski definition) is 5. The highest BCUT2D eigenvalue weighted by Gasteiger charge is 2.22.